The summed E-state index contributed by atoms with van der Waals surface area (Å²) in [6.07, 6.45) is 4.49. The molecule has 3 N–H and O–H groups in total. The monoisotopic (exact) mass is 332 g/mol. The van der Waals surface area contributed by atoms with E-state index >= 15 is 0 Å². The van der Waals surface area contributed by atoms with Crippen LogP contribution in [0.3, 0.4) is 0 Å². The van der Waals surface area contributed by atoms with Gasteiger partial charge in [0.1, 0.15) is 9.88 Å². The Bertz CT molecular complexity index is 613. The van der Waals surface area contributed by atoms with Crippen molar-refractivity contribution in [1.29, 1.82) is 0 Å². The normalized spacial score (nSPS) is 15.2. The van der Waals surface area contributed by atoms with Gasteiger partial charge in [-0.3, -0.25) is 0 Å². The smallest absolute Gasteiger partial charge is 0.242 e. The molecule has 110 valence electrons. The van der Waals surface area contributed by atoms with Gasteiger partial charge in [0.15, 0.2) is 0 Å². The van der Waals surface area contributed by atoms with Gasteiger partial charge in [-0.15, -0.1) is 0 Å². The quantitative estimate of drug-likeness (QED) is 0.594. The van der Waals surface area contributed by atoms with Gasteiger partial charge >= 0.3 is 0 Å². The minimum atomic E-state index is -3.58. The summed E-state index contributed by atoms with van der Waals surface area (Å²) in [4.78, 5) is 0.249. The van der Waals surface area contributed by atoms with Crippen LogP contribution in [0.4, 0.5) is 0 Å². The van der Waals surface area contributed by atoms with Crippen LogP contribution in [0.2, 0.25) is 5.02 Å². The van der Waals surface area contributed by atoms with Gasteiger partial charge in [-0.1, -0.05) is 42.7 Å². The van der Waals surface area contributed by atoms with Gasteiger partial charge in [0, 0.05) is 12.1 Å². The third kappa shape index (κ3) is 4.15. The molecule has 7 heteroatoms. The van der Waals surface area contributed by atoms with Crippen molar-refractivity contribution in [2.45, 2.75) is 30.6 Å². The number of nitrogens with one attached hydrogen (secondary N) is 1. The van der Waals surface area contributed by atoms with Crippen LogP contribution in [0.1, 0.15) is 31.2 Å². The van der Waals surface area contributed by atoms with E-state index in [1.165, 1.54) is 25.0 Å². The molecule has 0 heterocycles. The number of hydrogen-bond acceptors (Lipinski definition) is 3. The second kappa shape index (κ2) is 6.39. The van der Waals surface area contributed by atoms with Crippen LogP contribution in [-0.2, 0) is 10.0 Å². The number of nitrogens with two attached hydrogens (primary N) is 1. The predicted octanol–water partition coefficient (Wildman–Crippen LogP) is 2.44. The topological polar surface area (TPSA) is 72.2 Å². The van der Waals surface area contributed by atoms with Gasteiger partial charge in [0.25, 0.3) is 0 Å². The Morgan fingerprint density at radius 3 is 2.70 bits per heavy atom. The van der Waals surface area contributed by atoms with E-state index in [1.807, 2.05) is 0 Å². The third-order valence-corrected chi connectivity index (χ3v) is 5.46. The zero-order chi connectivity index (χ0) is 14.8. The van der Waals surface area contributed by atoms with Crippen LogP contribution in [-0.4, -0.2) is 20.0 Å². The molecule has 4 nitrogen and oxygen atoms in total. The third-order valence-electron chi connectivity index (χ3n) is 3.28. The SMILES string of the molecule is NC(=S)c1ccc(S(=O)(=O)NCCCC2CC2)c(Cl)c1. The molecule has 0 aromatic heterocycles. The molecule has 0 amide bonds. The Morgan fingerprint density at radius 2 is 2.15 bits per heavy atom. The summed E-state index contributed by atoms with van der Waals surface area (Å²) in [6.45, 7) is 0.437. The summed E-state index contributed by atoms with van der Waals surface area (Å²) in [6, 6.07) is 4.47. The fourth-order valence-electron chi connectivity index (χ4n) is 1.95. The Labute approximate surface area is 129 Å². The Balaban J connectivity index is 2.02. The number of halogens is 1. The van der Waals surface area contributed by atoms with Crippen LogP contribution < -0.4 is 10.5 Å². The first-order chi connectivity index (χ1) is 9.40. The number of thiocarbonyl (C=S) groups is 1. The summed E-state index contributed by atoms with van der Waals surface area (Å²) in [7, 11) is -3.58. The largest absolute Gasteiger partial charge is 0.389 e. The van der Waals surface area contributed by atoms with Gasteiger partial charge in [-0.05, 0) is 30.9 Å². The van der Waals surface area contributed by atoms with E-state index in [9.17, 15) is 8.42 Å². The second-order valence-electron chi connectivity index (χ2n) is 4.99. The van der Waals surface area contributed by atoms with E-state index in [1.54, 1.807) is 6.07 Å². The fraction of sp³-hybridized carbons (Fsp3) is 0.462. The van der Waals surface area contributed by atoms with Crippen LogP contribution in [0.25, 0.3) is 0 Å². The van der Waals surface area contributed by atoms with E-state index in [0.717, 1.165) is 18.8 Å². The molecule has 1 fully saturated rings. The molecule has 0 atom stereocenters. The average molecular weight is 333 g/mol. The maximum atomic E-state index is 12.1. The molecule has 0 radical (unpaired) electrons. The van der Waals surface area contributed by atoms with Crippen molar-refractivity contribution >= 4 is 38.8 Å². The maximum Gasteiger partial charge on any atom is 0.242 e. The Hall–Kier alpha value is -0.690. The molecule has 1 aromatic rings. The van der Waals surface area contributed by atoms with E-state index in [0.29, 0.717) is 12.1 Å². The standard InChI is InChI=1S/C13H17ClN2O2S2/c14-11-8-10(13(15)19)5-6-12(11)20(17,18)16-7-1-2-9-3-4-9/h5-6,8-9,16H,1-4,7H2,(H2,15,19). The summed E-state index contributed by atoms with van der Waals surface area (Å²) < 4.78 is 26.8. The van der Waals surface area contributed by atoms with Crippen LogP contribution in [0.15, 0.2) is 23.1 Å². The van der Waals surface area contributed by atoms with Crippen LogP contribution >= 0.6 is 23.8 Å². The Kier molecular flexibility index (Phi) is 5.01. The van der Waals surface area contributed by atoms with Gasteiger partial charge in [-0.2, -0.15) is 0 Å². The molecule has 2 rings (SSSR count). The number of sulfonamides is 1. The van der Waals surface area contributed by atoms with Crippen LogP contribution in [0.5, 0.6) is 0 Å². The average Bonchev–Trinajstić information content (AvgIpc) is 3.18. The Morgan fingerprint density at radius 1 is 1.45 bits per heavy atom. The lowest BCUT2D eigenvalue weighted by atomic mass is 10.2. The van der Waals surface area contributed by atoms with E-state index in [-0.39, 0.29) is 14.9 Å². The second-order valence-corrected chi connectivity index (χ2v) is 7.58. The zero-order valence-corrected chi connectivity index (χ0v) is 13.3. The molecule has 0 aliphatic heterocycles. The highest BCUT2D eigenvalue weighted by Gasteiger charge is 2.21. The lowest BCUT2D eigenvalue weighted by molar-refractivity contribution is 0.572. The minimum absolute atomic E-state index is 0.0607. The zero-order valence-electron chi connectivity index (χ0n) is 10.9. The molecule has 20 heavy (non-hydrogen) atoms. The number of hydrogen-bond donors (Lipinski definition) is 2. The van der Waals surface area contributed by atoms with Crippen molar-refractivity contribution in [2.75, 3.05) is 6.54 Å². The minimum Gasteiger partial charge on any atom is -0.389 e. The number of benzene rings is 1. The first kappa shape index (κ1) is 15.7. The summed E-state index contributed by atoms with van der Waals surface area (Å²) in [5.41, 5.74) is 6.04. The van der Waals surface area contributed by atoms with Crippen molar-refractivity contribution in [3.05, 3.63) is 28.8 Å². The van der Waals surface area contributed by atoms with Gasteiger partial charge in [0.05, 0.1) is 5.02 Å². The maximum absolute atomic E-state index is 12.1. The molecule has 1 aliphatic carbocycles. The molecule has 1 aromatic carbocycles. The molecule has 0 unspecified atom stereocenters. The predicted molar refractivity (Wildman–Crippen MR) is 84.5 cm³/mol. The van der Waals surface area contributed by atoms with Gasteiger partial charge < -0.3 is 5.73 Å². The van der Waals surface area contributed by atoms with Crippen molar-refractivity contribution < 1.29 is 8.42 Å². The molecule has 0 spiro atoms. The van der Waals surface area contributed by atoms with Crippen molar-refractivity contribution in [3.63, 3.8) is 0 Å². The molecular weight excluding hydrogens is 316 g/mol. The highest BCUT2D eigenvalue weighted by molar-refractivity contribution is 7.89. The lowest BCUT2D eigenvalue weighted by Gasteiger charge is -2.09. The molecule has 0 saturated heterocycles. The molecule has 1 saturated carbocycles. The van der Waals surface area contributed by atoms with E-state index in [4.69, 9.17) is 29.6 Å². The first-order valence-corrected chi connectivity index (χ1v) is 8.76. The molecule has 1 aliphatic rings. The molecule has 0 bridgehead atoms. The highest BCUT2D eigenvalue weighted by atomic mass is 35.5. The van der Waals surface area contributed by atoms with Crippen molar-refractivity contribution in [3.8, 4) is 0 Å². The van der Waals surface area contributed by atoms with Gasteiger partial charge in [-0.25, -0.2) is 13.1 Å². The lowest BCUT2D eigenvalue weighted by Crippen LogP contribution is -2.25. The first-order valence-electron chi connectivity index (χ1n) is 6.49. The van der Waals surface area contributed by atoms with Crippen molar-refractivity contribution in [1.82, 2.24) is 4.72 Å². The van der Waals surface area contributed by atoms with E-state index < -0.39 is 10.0 Å². The molecular formula is C13H17ClN2O2S2. The fourth-order valence-corrected chi connectivity index (χ4v) is 3.70. The number of rotatable bonds is 7. The van der Waals surface area contributed by atoms with E-state index in [2.05, 4.69) is 4.72 Å². The summed E-state index contributed by atoms with van der Waals surface area (Å²) in [5, 5.41) is 0.130. The van der Waals surface area contributed by atoms with Crippen molar-refractivity contribution in [2.24, 2.45) is 11.7 Å². The highest BCUT2D eigenvalue weighted by Crippen LogP contribution is 2.33. The van der Waals surface area contributed by atoms with Crippen LogP contribution in [0, 0.1) is 5.92 Å². The summed E-state index contributed by atoms with van der Waals surface area (Å²) in [5.74, 6) is 0.799. The summed E-state index contributed by atoms with van der Waals surface area (Å²) >= 11 is 10.8. The van der Waals surface area contributed by atoms with Gasteiger partial charge in [0.2, 0.25) is 10.0 Å².